The van der Waals surface area contributed by atoms with Crippen LogP contribution in [0.4, 0.5) is 4.39 Å². The molecule has 0 unspecified atom stereocenters. The van der Waals surface area contributed by atoms with Crippen LogP contribution in [0.25, 0.3) is 0 Å². The predicted octanol–water partition coefficient (Wildman–Crippen LogP) is 4.73. The fraction of sp³-hybridized carbons (Fsp3) is 0.200. The van der Waals surface area contributed by atoms with Crippen molar-refractivity contribution in [2.75, 3.05) is 11.5 Å². The van der Waals surface area contributed by atoms with Crippen molar-refractivity contribution in [2.24, 2.45) is 0 Å². The van der Waals surface area contributed by atoms with Crippen molar-refractivity contribution in [3.63, 3.8) is 0 Å². The minimum absolute atomic E-state index is 0.0817. The first kappa shape index (κ1) is 17.0. The third-order valence-corrected chi connectivity index (χ3v) is 7.98. The number of hydrogen-bond donors (Lipinski definition) is 0. The standard InChI is InChI=1S/C15H12ClFO3S3/c16-13-6-3-11(17)9-14(13)23(18,19)20-12-4-1-10(2-5-12)15-21-7-8-22-15/h1-6,9,15H,7-8H2. The maximum absolute atomic E-state index is 13.3. The molecule has 0 radical (unpaired) electrons. The maximum Gasteiger partial charge on any atom is 0.340 e. The SMILES string of the molecule is O=S(=O)(Oc1ccc(C2SCCS2)cc1)c1cc(F)ccc1Cl. The minimum Gasteiger partial charge on any atom is -0.379 e. The summed E-state index contributed by atoms with van der Waals surface area (Å²) in [7, 11) is -4.18. The van der Waals surface area contributed by atoms with Gasteiger partial charge in [0, 0.05) is 11.5 Å². The molecule has 0 aromatic heterocycles. The van der Waals surface area contributed by atoms with E-state index in [0.29, 0.717) is 4.58 Å². The van der Waals surface area contributed by atoms with E-state index in [2.05, 4.69) is 0 Å². The van der Waals surface area contributed by atoms with Crippen LogP contribution in [0.5, 0.6) is 5.75 Å². The molecule has 122 valence electrons. The van der Waals surface area contributed by atoms with Gasteiger partial charge in [-0.1, -0.05) is 23.7 Å². The van der Waals surface area contributed by atoms with Gasteiger partial charge in [0.1, 0.15) is 16.5 Å². The van der Waals surface area contributed by atoms with Gasteiger partial charge in [0.2, 0.25) is 0 Å². The summed E-state index contributed by atoms with van der Waals surface area (Å²) in [6.45, 7) is 0. The van der Waals surface area contributed by atoms with Crippen LogP contribution in [-0.2, 0) is 10.1 Å². The lowest BCUT2D eigenvalue weighted by atomic mass is 10.2. The van der Waals surface area contributed by atoms with Crippen LogP contribution in [-0.4, -0.2) is 19.9 Å². The highest BCUT2D eigenvalue weighted by Gasteiger charge is 2.22. The van der Waals surface area contributed by atoms with E-state index in [-0.39, 0.29) is 15.7 Å². The molecule has 2 aromatic carbocycles. The van der Waals surface area contributed by atoms with Crippen LogP contribution >= 0.6 is 35.1 Å². The topological polar surface area (TPSA) is 43.4 Å². The van der Waals surface area contributed by atoms with Crippen molar-refractivity contribution in [1.29, 1.82) is 0 Å². The lowest BCUT2D eigenvalue weighted by Gasteiger charge is -2.11. The first-order valence-corrected chi connectivity index (χ1v) is 10.6. The summed E-state index contributed by atoms with van der Waals surface area (Å²) in [5, 5.41) is -0.0817. The molecule has 0 spiro atoms. The highest BCUT2D eigenvalue weighted by Crippen LogP contribution is 2.45. The second-order valence-corrected chi connectivity index (χ2v) is 9.40. The van der Waals surface area contributed by atoms with Gasteiger partial charge >= 0.3 is 10.1 Å². The summed E-state index contributed by atoms with van der Waals surface area (Å²) >= 11 is 9.55. The molecule has 2 aromatic rings. The first-order valence-electron chi connectivity index (χ1n) is 6.68. The van der Waals surface area contributed by atoms with Crippen molar-refractivity contribution >= 4 is 45.2 Å². The summed E-state index contributed by atoms with van der Waals surface area (Å²) in [6.07, 6.45) is 0. The third-order valence-electron chi connectivity index (χ3n) is 3.14. The highest BCUT2D eigenvalue weighted by molar-refractivity contribution is 8.19. The lowest BCUT2D eigenvalue weighted by Crippen LogP contribution is -2.10. The number of rotatable bonds is 4. The van der Waals surface area contributed by atoms with E-state index < -0.39 is 15.9 Å². The molecule has 0 atom stereocenters. The summed E-state index contributed by atoms with van der Waals surface area (Å²) in [5.74, 6) is 1.70. The molecular weight excluding hydrogens is 379 g/mol. The summed E-state index contributed by atoms with van der Waals surface area (Å²) in [6, 6.07) is 10.00. The Kier molecular flexibility index (Phi) is 5.10. The van der Waals surface area contributed by atoms with E-state index >= 15 is 0 Å². The van der Waals surface area contributed by atoms with Gasteiger partial charge in [0.15, 0.2) is 0 Å². The fourth-order valence-corrected chi connectivity index (χ4v) is 6.35. The highest BCUT2D eigenvalue weighted by atomic mass is 35.5. The van der Waals surface area contributed by atoms with E-state index in [1.165, 1.54) is 6.07 Å². The van der Waals surface area contributed by atoms with Crippen LogP contribution in [0.3, 0.4) is 0 Å². The quantitative estimate of drug-likeness (QED) is 0.706. The van der Waals surface area contributed by atoms with E-state index in [9.17, 15) is 12.8 Å². The molecule has 8 heteroatoms. The first-order chi connectivity index (χ1) is 11.0. The Hall–Kier alpha value is -0.890. The molecule has 0 aliphatic carbocycles. The Labute approximate surface area is 147 Å². The normalized spacial score (nSPS) is 15.7. The molecule has 1 aliphatic rings. The molecule has 0 N–H and O–H groups in total. The monoisotopic (exact) mass is 390 g/mol. The summed E-state index contributed by atoms with van der Waals surface area (Å²) in [4.78, 5) is -0.384. The maximum atomic E-state index is 13.3. The molecule has 0 bridgehead atoms. The number of benzene rings is 2. The Balaban J connectivity index is 1.81. The van der Waals surface area contributed by atoms with E-state index in [1.54, 1.807) is 12.1 Å². The zero-order valence-electron chi connectivity index (χ0n) is 11.7. The van der Waals surface area contributed by atoms with Gasteiger partial charge in [-0.25, -0.2) is 4.39 Å². The zero-order valence-corrected chi connectivity index (χ0v) is 14.9. The Bertz CT molecular complexity index is 803. The van der Waals surface area contributed by atoms with Gasteiger partial charge < -0.3 is 4.18 Å². The van der Waals surface area contributed by atoms with Crippen molar-refractivity contribution in [1.82, 2.24) is 0 Å². The van der Waals surface area contributed by atoms with Crippen molar-refractivity contribution < 1.29 is 17.0 Å². The van der Waals surface area contributed by atoms with Crippen molar-refractivity contribution in [3.8, 4) is 5.75 Å². The molecule has 1 fully saturated rings. The lowest BCUT2D eigenvalue weighted by molar-refractivity contribution is 0.485. The third kappa shape index (κ3) is 3.96. The molecule has 0 amide bonds. The van der Waals surface area contributed by atoms with E-state index in [4.69, 9.17) is 15.8 Å². The van der Waals surface area contributed by atoms with Gasteiger partial charge in [-0.15, -0.1) is 23.5 Å². The van der Waals surface area contributed by atoms with E-state index in [1.807, 2.05) is 35.7 Å². The molecule has 23 heavy (non-hydrogen) atoms. The number of hydrogen-bond acceptors (Lipinski definition) is 5. The van der Waals surface area contributed by atoms with Crippen LogP contribution in [0.2, 0.25) is 5.02 Å². The average Bonchev–Trinajstić information content (AvgIpc) is 3.04. The molecule has 1 saturated heterocycles. The molecule has 1 heterocycles. The predicted molar refractivity (Wildman–Crippen MR) is 93.3 cm³/mol. The van der Waals surface area contributed by atoms with Crippen molar-refractivity contribution in [2.45, 2.75) is 9.48 Å². The van der Waals surface area contributed by atoms with Crippen LogP contribution < -0.4 is 4.18 Å². The van der Waals surface area contributed by atoms with Gasteiger partial charge in [-0.3, -0.25) is 0 Å². The largest absolute Gasteiger partial charge is 0.379 e. The van der Waals surface area contributed by atoms with Gasteiger partial charge in [-0.2, -0.15) is 8.42 Å². The molecule has 3 rings (SSSR count). The second-order valence-electron chi connectivity index (χ2n) is 4.75. The zero-order chi connectivity index (χ0) is 16.4. The Morgan fingerprint density at radius 2 is 1.74 bits per heavy atom. The average molecular weight is 391 g/mol. The number of halogens is 2. The minimum atomic E-state index is -4.18. The van der Waals surface area contributed by atoms with Gasteiger partial charge in [0.05, 0.1) is 9.60 Å². The second kappa shape index (κ2) is 6.93. The molecular formula is C15H12ClFO3S3. The van der Waals surface area contributed by atoms with Gasteiger partial charge in [0.25, 0.3) is 0 Å². The van der Waals surface area contributed by atoms with Crippen LogP contribution in [0.1, 0.15) is 10.1 Å². The molecule has 0 saturated carbocycles. The Morgan fingerprint density at radius 1 is 1.09 bits per heavy atom. The van der Waals surface area contributed by atoms with E-state index in [0.717, 1.165) is 29.2 Å². The fourth-order valence-electron chi connectivity index (χ4n) is 2.07. The summed E-state index contributed by atoms with van der Waals surface area (Å²) < 4.78 is 43.1. The van der Waals surface area contributed by atoms with Crippen molar-refractivity contribution in [3.05, 3.63) is 58.9 Å². The molecule has 3 nitrogen and oxygen atoms in total. The smallest absolute Gasteiger partial charge is 0.340 e. The summed E-state index contributed by atoms with van der Waals surface area (Å²) in [5.41, 5.74) is 1.12. The molecule has 1 aliphatic heterocycles. The number of thioether (sulfide) groups is 2. The van der Waals surface area contributed by atoms with Crippen LogP contribution in [0, 0.1) is 5.82 Å². The van der Waals surface area contributed by atoms with Crippen LogP contribution in [0.15, 0.2) is 47.4 Å². The van der Waals surface area contributed by atoms with Gasteiger partial charge in [-0.05, 0) is 35.9 Å². The Morgan fingerprint density at radius 3 is 2.39 bits per heavy atom.